The van der Waals surface area contributed by atoms with Crippen LogP contribution in [0.25, 0.3) is 0 Å². The average Bonchev–Trinajstić information content (AvgIpc) is 2.87. The van der Waals surface area contributed by atoms with Crippen LogP contribution in [-0.4, -0.2) is 73.3 Å². The van der Waals surface area contributed by atoms with Crippen molar-refractivity contribution in [3.05, 3.63) is 65.7 Å². The van der Waals surface area contributed by atoms with Gasteiger partial charge in [0, 0.05) is 18.7 Å². The summed E-state index contributed by atoms with van der Waals surface area (Å²) >= 11 is 0. The first kappa shape index (κ1) is 28.6. The highest BCUT2D eigenvalue weighted by atomic mass is 31.1. The van der Waals surface area contributed by atoms with Gasteiger partial charge in [-0.05, 0) is 62.9 Å². The molecule has 9 heteroatoms. The number of nitrogens with one attached hydrogen (secondary N) is 1. The molecule has 1 heterocycles. The smallest absolute Gasteiger partial charge is 0.408 e. The molecule has 8 nitrogen and oxygen atoms in total. The van der Waals surface area contributed by atoms with Gasteiger partial charge in [-0.1, -0.05) is 45.2 Å². The van der Waals surface area contributed by atoms with Crippen molar-refractivity contribution in [1.82, 2.24) is 10.2 Å². The molecule has 0 spiro atoms. The molecule has 200 valence electrons. The Bertz CT molecular complexity index is 1050. The summed E-state index contributed by atoms with van der Waals surface area (Å²) < 4.78 is 16.6. The van der Waals surface area contributed by atoms with Crippen LogP contribution in [0.5, 0.6) is 5.75 Å². The number of ketones is 1. The molecular formula is C28H37N2O6P. The van der Waals surface area contributed by atoms with E-state index in [1.807, 2.05) is 11.0 Å². The van der Waals surface area contributed by atoms with Crippen molar-refractivity contribution in [2.75, 3.05) is 39.1 Å². The Morgan fingerprint density at radius 2 is 1.76 bits per heavy atom. The normalized spacial score (nSPS) is 18.9. The van der Waals surface area contributed by atoms with Crippen molar-refractivity contribution >= 4 is 25.8 Å². The second kappa shape index (κ2) is 13.0. The Morgan fingerprint density at radius 1 is 1.08 bits per heavy atom. The standard InChI is InChI=1S/C28H37N2O6P/c1-6-37-17-16-30(18-23(31)20-12-14-22(34-5)15-13-20)19-24(37)35-26(32)25(21-10-8-7-9-11-21)29-27(33)36-28(2,3)4/h7-15,24-25H,6,16-19H2,1-5H3,(H,29,33)/t24-,25?,37?/m1/s1. The van der Waals surface area contributed by atoms with E-state index in [1.54, 1.807) is 76.4 Å². The molecular weight excluding hydrogens is 491 g/mol. The number of carbonyl (C=O) groups excluding carboxylic acids is 3. The maximum absolute atomic E-state index is 13.4. The highest BCUT2D eigenvalue weighted by molar-refractivity contribution is 7.58. The third-order valence-corrected chi connectivity index (χ3v) is 8.66. The highest BCUT2D eigenvalue weighted by Gasteiger charge is 2.35. The lowest BCUT2D eigenvalue weighted by atomic mass is 10.1. The number of amides is 1. The first-order valence-electron chi connectivity index (χ1n) is 12.5. The van der Waals surface area contributed by atoms with Crippen LogP contribution in [0.3, 0.4) is 0 Å². The highest BCUT2D eigenvalue weighted by Crippen LogP contribution is 2.45. The lowest BCUT2D eigenvalue weighted by Crippen LogP contribution is -2.45. The minimum Gasteiger partial charge on any atom is -0.497 e. The molecule has 1 saturated heterocycles. The molecule has 1 amide bonds. The zero-order chi connectivity index (χ0) is 27.0. The number of carbonyl (C=O) groups is 3. The summed E-state index contributed by atoms with van der Waals surface area (Å²) in [6.07, 6.45) is 1.09. The first-order chi connectivity index (χ1) is 17.6. The zero-order valence-corrected chi connectivity index (χ0v) is 23.1. The van der Waals surface area contributed by atoms with E-state index in [9.17, 15) is 14.4 Å². The van der Waals surface area contributed by atoms with Gasteiger partial charge in [-0.3, -0.25) is 9.69 Å². The maximum atomic E-state index is 13.4. The predicted octanol–water partition coefficient (Wildman–Crippen LogP) is 4.83. The second-order valence-electron chi connectivity index (χ2n) is 9.90. The third kappa shape index (κ3) is 8.54. The monoisotopic (exact) mass is 528 g/mol. The van der Waals surface area contributed by atoms with E-state index in [1.165, 1.54) is 0 Å². The Balaban J connectivity index is 1.70. The van der Waals surface area contributed by atoms with Crippen molar-refractivity contribution < 1.29 is 28.6 Å². The molecule has 0 aliphatic carbocycles. The second-order valence-corrected chi connectivity index (χ2v) is 12.7. The number of hydrogen-bond donors (Lipinski definition) is 1. The van der Waals surface area contributed by atoms with Gasteiger partial charge in [0.1, 0.15) is 17.2 Å². The number of nitrogens with zero attached hydrogens (tertiary/aromatic N) is 1. The number of benzene rings is 2. The molecule has 1 aliphatic rings. The van der Waals surface area contributed by atoms with Crippen molar-refractivity contribution in [3.63, 3.8) is 0 Å². The van der Waals surface area contributed by atoms with E-state index in [4.69, 9.17) is 14.2 Å². The average molecular weight is 529 g/mol. The third-order valence-electron chi connectivity index (χ3n) is 5.99. The number of rotatable bonds is 9. The Kier molecular flexibility index (Phi) is 10.1. The Hall–Kier alpha value is -2.96. The fraction of sp³-hybridized carbons (Fsp3) is 0.464. The SMILES string of the molecule is CCP1CCN(CC(=O)c2ccc(OC)cc2)C[C@@H]1OC(=O)C(NC(=O)OC(C)(C)C)c1ccccc1. The minimum atomic E-state index is -0.999. The molecule has 3 atom stereocenters. The molecule has 0 bridgehead atoms. The molecule has 0 aromatic heterocycles. The number of ether oxygens (including phenoxy) is 3. The predicted molar refractivity (Wildman–Crippen MR) is 145 cm³/mol. The number of esters is 1. The van der Waals surface area contributed by atoms with Crippen molar-refractivity contribution in [1.29, 1.82) is 0 Å². The van der Waals surface area contributed by atoms with Gasteiger partial charge in [0.25, 0.3) is 0 Å². The van der Waals surface area contributed by atoms with Gasteiger partial charge >= 0.3 is 12.1 Å². The van der Waals surface area contributed by atoms with Gasteiger partial charge in [0.2, 0.25) is 0 Å². The molecule has 2 unspecified atom stereocenters. The minimum absolute atomic E-state index is 0.00390. The van der Waals surface area contributed by atoms with E-state index < -0.39 is 31.6 Å². The quantitative estimate of drug-likeness (QED) is 0.283. The summed E-state index contributed by atoms with van der Waals surface area (Å²) in [4.78, 5) is 40.8. The fourth-order valence-corrected chi connectivity index (χ4v) is 6.35. The number of alkyl carbamates (subject to hydrolysis) is 1. The molecule has 0 saturated carbocycles. The molecule has 0 radical (unpaired) electrons. The van der Waals surface area contributed by atoms with Crippen LogP contribution in [0.15, 0.2) is 54.6 Å². The van der Waals surface area contributed by atoms with Crippen molar-refractivity contribution in [2.24, 2.45) is 0 Å². The van der Waals surface area contributed by atoms with E-state index in [0.717, 1.165) is 18.9 Å². The van der Waals surface area contributed by atoms with Gasteiger partial charge in [0.05, 0.1) is 13.7 Å². The van der Waals surface area contributed by atoms with Crippen LogP contribution in [0.1, 0.15) is 49.7 Å². The van der Waals surface area contributed by atoms with E-state index in [0.29, 0.717) is 23.4 Å². The lowest BCUT2D eigenvalue weighted by molar-refractivity contribution is -0.149. The van der Waals surface area contributed by atoms with Gasteiger partial charge in [-0.15, -0.1) is 0 Å². The topological polar surface area (TPSA) is 94.2 Å². The molecule has 3 rings (SSSR count). The first-order valence-corrected chi connectivity index (χ1v) is 14.3. The Labute approximate surface area is 220 Å². The maximum Gasteiger partial charge on any atom is 0.408 e. The molecule has 1 fully saturated rings. The van der Waals surface area contributed by atoms with E-state index in [2.05, 4.69) is 12.2 Å². The summed E-state index contributed by atoms with van der Waals surface area (Å²) in [7, 11) is 1.02. The van der Waals surface area contributed by atoms with Crippen LogP contribution in [0, 0.1) is 0 Å². The molecule has 1 N–H and O–H groups in total. The van der Waals surface area contributed by atoms with Crippen LogP contribution in [0.4, 0.5) is 4.79 Å². The summed E-state index contributed by atoms with van der Waals surface area (Å²) in [5.74, 6) is -0.171. The zero-order valence-electron chi connectivity index (χ0n) is 22.2. The molecule has 2 aromatic rings. The molecule has 2 aromatic carbocycles. The van der Waals surface area contributed by atoms with E-state index >= 15 is 0 Å². The Morgan fingerprint density at radius 3 is 2.35 bits per heavy atom. The molecule has 1 aliphatic heterocycles. The summed E-state index contributed by atoms with van der Waals surface area (Å²) in [5.41, 5.74) is 0.524. The summed E-state index contributed by atoms with van der Waals surface area (Å²) in [5, 5.41) is 2.68. The van der Waals surface area contributed by atoms with Crippen LogP contribution < -0.4 is 10.1 Å². The van der Waals surface area contributed by atoms with Crippen molar-refractivity contribution in [2.45, 2.75) is 45.2 Å². The number of hydrogen-bond acceptors (Lipinski definition) is 7. The summed E-state index contributed by atoms with van der Waals surface area (Å²) in [6, 6.07) is 15.0. The van der Waals surface area contributed by atoms with Gasteiger partial charge < -0.3 is 19.5 Å². The van der Waals surface area contributed by atoms with Gasteiger partial charge in [-0.2, -0.15) is 0 Å². The number of Topliss-reactive ketones (excluding diaryl/α,β-unsaturated/α-hetero) is 1. The van der Waals surface area contributed by atoms with Crippen LogP contribution in [-0.2, 0) is 14.3 Å². The lowest BCUT2D eigenvalue weighted by Gasteiger charge is -2.38. The molecule has 37 heavy (non-hydrogen) atoms. The van der Waals surface area contributed by atoms with Gasteiger partial charge in [0.15, 0.2) is 11.8 Å². The number of methoxy groups -OCH3 is 1. The van der Waals surface area contributed by atoms with Crippen molar-refractivity contribution in [3.8, 4) is 5.75 Å². The van der Waals surface area contributed by atoms with Crippen LogP contribution >= 0.6 is 7.92 Å². The largest absolute Gasteiger partial charge is 0.497 e. The summed E-state index contributed by atoms with van der Waals surface area (Å²) in [6.45, 7) is 8.88. The van der Waals surface area contributed by atoms with Crippen LogP contribution in [0.2, 0.25) is 0 Å². The van der Waals surface area contributed by atoms with E-state index in [-0.39, 0.29) is 18.2 Å². The van der Waals surface area contributed by atoms with Gasteiger partial charge in [-0.25, -0.2) is 9.59 Å². The fourth-order valence-electron chi connectivity index (χ4n) is 4.08.